The molecule has 0 fully saturated rings. The first-order valence-electron chi connectivity index (χ1n) is 19.1. The SMILES string of the molecule is CC1(C)c2cc3c(cc2-c2ccc(N(c4ccccc4)c4ccccc4)c4cccc1c24)c1cc(-c2ccccc2)cc2c1n3-c1ccccc1C2(C)C. The first-order chi connectivity index (χ1) is 26.3. The van der Waals surface area contributed by atoms with E-state index in [1.54, 1.807) is 0 Å². The lowest BCUT2D eigenvalue weighted by Gasteiger charge is -2.37. The van der Waals surface area contributed by atoms with Crippen molar-refractivity contribution in [3.63, 3.8) is 0 Å². The van der Waals surface area contributed by atoms with E-state index in [-0.39, 0.29) is 10.8 Å². The number of nitrogens with zero attached hydrogens (tertiary/aromatic N) is 2. The Balaban J connectivity index is 1.24. The molecule has 8 aromatic carbocycles. The molecule has 1 aromatic heterocycles. The third-order valence-corrected chi connectivity index (χ3v) is 12.5. The highest BCUT2D eigenvalue weighted by Crippen LogP contribution is 2.55. The molecule has 2 nitrogen and oxygen atoms in total. The molecule has 1 aliphatic carbocycles. The third-order valence-electron chi connectivity index (χ3n) is 12.5. The molecule has 0 saturated carbocycles. The minimum absolute atomic E-state index is 0.162. The van der Waals surface area contributed by atoms with Crippen LogP contribution in [0.25, 0.3) is 60.5 Å². The summed E-state index contributed by atoms with van der Waals surface area (Å²) in [6, 6.07) is 63.1. The highest BCUT2D eigenvalue weighted by molar-refractivity contribution is 6.17. The molecule has 0 saturated heterocycles. The van der Waals surface area contributed by atoms with Crippen LogP contribution in [0.5, 0.6) is 0 Å². The molecule has 0 spiro atoms. The van der Waals surface area contributed by atoms with Crippen LogP contribution in [0.1, 0.15) is 49.9 Å². The van der Waals surface area contributed by atoms with Crippen LogP contribution in [0.15, 0.2) is 170 Å². The molecule has 1 aliphatic heterocycles. The highest BCUT2D eigenvalue weighted by Gasteiger charge is 2.39. The Hall–Kier alpha value is -6.38. The monoisotopic (exact) mass is 692 g/mol. The number of benzene rings is 8. The van der Waals surface area contributed by atoms with Gasteiger partial charge in [-0.2, -0.15) is 0 Å². The van der Waals surface area contributed by atoms with Crippen LogP contribution in [0.3, 0.4) is 0 Å². The molecule has 2 heteroatoms. The zero-order valence-electron chi connectivity index (χ0n) is 31.1. The Morgan fingerprint density at radius 1 is 0.426 bits per heavy atom. The summed E-state index contributed by atoms with van der Waals surface area (Å²) in [6.45, 7) is 9.63. The van der Waals surface area contributed by atoms with E-state index < -0.39 is 0 Å². The molecule has 0 atom stereocenters. The van der Waals surface area contributed by atoms with Gasteiger partial charge in [0.05, 0.1) is 22.4 Å². The number of hydrogen-bond acceptors (Lipinski definition) is 1. The maximum absolute atomic E-state index is 2.57. The Morgan fingerprint density at radius 2 is 1.06 bits per heavy atom. The standard InChI is InChI=1S/C52H40N2/c1-51(2)42-24-14-15-26-47(42)54-48-32-44-39(31-40(48)41-29-34(30-45(51)50(41)54)33-17-8-5-9-18-33)37-27-28-46(38-23-16-25-43(49(37)38)52(44,3)4)53(35-19-10-6-11-20-35)36-21-12-7-13-22-36/h5-32H,1-4H3. The average molecular weight is 693 g/mol. The van der Waals surface area contributed by atoms with Gasteiger partial charge in [-0.15, -0.1) is 0 Å². The van der Waals surface area contributed by atoms with Crippen LogP contribution in [-0.4, -0.2) is 4.57 Å². The lowest BCUT2D eigenvalue weighted by Crippen LogP contribution is -2.26. The van der Waals surface area contributed by atoms with E-state index in [0.29, 0.717) is 0 Å². The number of aromatic nitrogens is 1. The van der Waals surface area contributed by atoms with Crippen molar-refractivity contribution in [3.05, 3.63) is 192 Å². The van der Waals surface area contributed by atoms with Crippen LogP contribution >= 0.6 is 0 Å². The quantitative estimate of drug-likeness (QED) is 0.178. The van der Waals surface area contributed by atoms with E-state index in [9.17, 15) is 0 Å². The van der Waals surface area contributed by atoms with Gasteiger partial charge in [0.2, 0.25) is 0 Å². The van der Waals surface area contributed by atoms with E-state index in [4.69, 9.17) is 0 Å². The first-order valence-corrected chi connectivity index (χ1v) is 19.1. The molecule has 9 aromatic rings. The minimum Gasteiger partial charge on any atom is -0.310 e. The minimum atomic E-state index is -0.235. The van der Waals surface area contributed by atoms with Gasteiger partial charge in [-0.3, -0.25) is 0 Å². The molecule has 54 heavy (non-hydrogen) atoms. The molecule has 0 N–H and O–H groups in total. The van der Waals surface area contributed by atoms with Crippen molar-refractivity contribution in [2.75, 3.05) is 4.90 Å². The normalized spacial score (nSPS) is 14.6. The van der Waals surface area contributed by atoms with Crippen LogP contribution in [0.2, 0.25) is 0 Å². The van der Waals surface area contributed by atoms with Crippen LogP contribution in [0.4, 0.5) is 17.1 Å². The number of para-hydroxylation sites is 3. The highest BCUT2D eigenvalue weighted by atomic mass is 15.1. The van der Waals surface area contributed by atoms with Crippen molar-refractivity contribution in [1.82, 2.24) is 4.57 Å². The predicted molar refractivity (Wildman–Crippen MR) is 228 cm³/mol. The third kappa shape index (κ3) is 4.17. The lowest BCUT2D eigenvalue weighted by molar-refractivity contribution is 0.630. The van der Waals surface area contributed by atoms with E-state index in [0.717, 1.165) is 11.4 Å². The summed E-state index contributed by atoms with van der Waals surface area (Å²) in [6.07, 6.45) is 0. The summed E-state index contributed by atoms with van der Waals surface area (Å²) in [5.74, 6) is 0. The largest absolute Gasteiger partial charge is 0.310 e. The molecular weight excluding hydrogens is 653 g/mol. The van der Waals surface area contributed by atoms with Gasteiger partial charge in [-0.1, -0.05) is 137 Å². The summed E-state index contributed by atoms with van der Waals surface area (Å²) in [4.78, 5) is 2.41. The molecule has 2 aliphatic rings. The fourth-order valence-electron chi connectivity index (χ4n) is 9.85. The summed E-state index contributed by atoms with van der Waals surface area (Å²) in [7, 11) is 0. The van der Waals surface area contributed by atoms with E-state index >= 15 is 0 Å². The average Bonchev–Trinajstić information content (AvgIpc) is 3.53. The van der Waals surface area contributed by atoms with Gasteiger partial charge in [0, 0.05) is 38.4 Å². The molecule has 11 rings (SSSR count). The van der Waals surface area contributed by atoms with Gasteiger partial charge in [0.15, 0.2) is 0 Å². The summed E-state index contributed by atoms with van der Waals surface area (Å²) in [5, 5.41) is 5.23. The first kappa shape index (κ1) is 31.2. The Bertz CT molecular complexity index is 2930. The second-order valence-corrected chi connectivity index (χ2v) is 16.2. The van der Waals surface area contributed by atoms with Crippen LogP contribution in [0, 0.1) is 0 Å². The maximum Gasteiger partial charge on any atom is 0.0582 e. The zero-order chi connectivity index (χ0) is 36.3. The van der Waals surface area contributed by atoms with E-state index in [1.807, 2.05) is 0 Å². The topological polar surface area (TPSA) is 8.17 Å². The van der Waals surface area contributed by atoms with Crippen molar-refractivity contribution in [1.29, 1.82) is 0 Å². The molecule has 0 radical (unpaired) electrons. The molecule has 258 valence electrons. The van der Waals surface area contributed by atoms with Crippen molar-refractivity contribution in [3.8, 4) is 27.9 Å². The summed E-state index contributed by atoms with van der Waals surface area (Å²) >= 11 is 0. The molecule has 0 unspecified atom stereocenters. The van der Waals surface area contributed by atoms with Gasteiger partial charge >= 0.3 is 0 Å². The molecular formula is C52H40N2. The van der Waals surface area contributed by atoms with Gasteiger partial charge < -0.3 is 9.47 Å². The van der Waals surface area contributed by atoms with Crippen LogP contribution < -0.4 is 4.90 Å². The second-order valence-electron chi connectivity index (χ2n) is 16.2. The molecule has 0 amide bonds. The van der Waals surface area contributed by atoms with Crippen molar-refractivity contribution >= 4 is 49.6 Å². The van der Waals surface area contributed by atoms with Crippen molar-refractivity contribution in [2.45, 2.75) is 38.5 Å². The number of hydrogen-bond donors (Lipinski definition) is 0. The summed E-state index contributed by atoms with van der Waals surface area (Å²) in [5.41, 5.74) is 17.6. The van der Waals surface area contributed by atoms with E-state index in [2.05, 4.69) is 207 Å². The smallest absolute Gasteiger partial charge is 0.0582 e. The molecule has 0 bridgehead atoms. The van der Waals surface area contributed by atoms with Gasteiger partial charge in [-0.25, -0.2) is 0 Å². The number of fused-ring (bicyclic) bond motifs is 7. The van der Waals surface area contributed by atoms with Gasteiger partial charge in [0.1, 0.15) is 0 Å². The number of anilines is 3. The fourth-order valence-corrected chi connectivity index (χ4v) is 9.85. The second kappa shape index (κ2) is 11.1. The molecule has 2 heterocycles. The summed E-state index contributed by atoms with van der Waals surface area (Å²) < 4.78 is 2.57. The zero-order valence-corrected chi connectivity index (χ0v) is 31.1. The number of rotatable bonds is 4. The lowest BCUT2D eigenvalue weighted by atomic mass is 9.68. The van der Waals surface area contributed by atoms with Gasteiger partial charge in [-0.05, 0) is 111 Å². The predicted octanol–water partition coefficient (Wildman–Crippen LogP) is 14.0. The van der Waals surface area contributed by atoms with Crippen LogP contribution in [-0.2, 0) is 10.8 Å². The van der Waals surface area contributed by atoms with Crippen molar-refractivity contribution in [2.24, 2.45) is 0 Å². The van der Waals surface area contributed by atoms with Gasteiger partial charge in [0.25, 0.3) is 0 Å². The Morgan fingerprint density at radius 3 is 1.78 bits per heavy atom. The Labute approximate surface area is 316 Å². The van der Waals surface area contributed by atoms with Crippen molar-refractivity contribution < 1.29 is 0 Å². The fraction of sp³-hybridized carbons (Fsp3) is 0.115. The Kier molecular flexibility index (Phi) is 6.39. The maximum atomic E-state index is 2.57. The van der Waals surface area contributed by atoms with E-state index in [1.165, 1.54) is 88.5 Å².